The summed E-state index contributed by atoms with van der Waals surface area (Å²) >= 11 is 4.64. The summed E-state index contributed by atoms with van der Waals surface area (Å²) in [6.45, 7) is 3.62. The molecule has 0 aliphatic heterocycles. The van der Waals surface area contributed by atoms with Gasteiger partial charge in [-0.15, -0.1) is 11.3 Å². The Morgan fingerprint density at radius 2 is 1.87 bits per heavy atom. The number of benzene rings is 2. The lowest BCUT2D eigenvalue weighted by molar-refractivity contribution is -0.122. The van der Waals surface area contributed by atoms with Gasteiger partial charge in [0.05, 0.1) is 13.7 Å². The predicted octanol–water partition coefficient (Wildman–Crippen LogP) is 5.77. The molecule has 0 radical (unpaired) electrons. The van der Waals surface area contributed by atoms with E-state index >= 15 is 0 Å². The van der Waals surface area contributed by atoms with Crippen LogP contribution in [0, 0.1) is 0 Å². The number of hydrogen-bond acceptors (Lipinski definition) is 6. The van der Waals surface area contributed by atoms with Crippen molar-refractivity contribution in [1.29, 1.82) is 0 Å². The molecule has 2 aromatic carbocycles. The van der Waals surface area contributed by atoms with Crippen LogP contribution >= 0.6 is 27.3 Å². The summed E-state index contributed by atoms with van der Waals surface area (Å²) in [6, 6.07) is 14.6. The first-order valence-electron chi connectivity index (χ1n) is 9.59. The van der Waals surface area contributed by atoms with Crippen LogP contribution in [0.25, 0.3) is 11.1 Å². The van der Waals surface area contributed by atoms with E-state index in [0.29, 0.717) is 27.6 Å². The number of carbonyl (C=O) groups excluding carboxylic acids is 2. The molecule has 0 aliphatic carbocycles. The number of carbonyl (C=O) groups is 2. The number of methoxy groups -OCH3 is 1. The van der Waals surface area contributed by atoms with Crippen molar-refractivity contribution in [3.05, 3.63) is 63.9 Å². The molecule has 0 bridgehead atoms. The Morgan fingerprint density at radius 3 is 2.52 bits per heavy atom. The van der Waals surface area contributed by atoms with Crippen molar-refractivity contribution in [2.45, 2.75) is 20.0 Å². The summed E-state index contributed by atoms with van der Waals surface area (Å²) < 4.78 is 17.0. The molecule has 0 saturated carbocycles. The third-order valence-corrected chi connectivity index (χ3v) is 5.78. The highest BCUT2D eigenvalue weighted by molar-refractivity contribution is 9.10. The van der Waals surface area contributed by atoms with Gasteiger partial charge in [0.15, 0.2) is 6.10 Å². The van der Waals surface area contributed by atoms with Gasteiger partial charge in [0.25, 0.3) is 5.91 Å². The van der Waals surface area contributed by atoms with Crippen LogP contribution in [0.1, 0.15) is 24.2 Å². The van der Waals surface area contributed by atoms with E-state index < -0.39 is 12.1 Å². The van der Waals surface area contributed by atoms with E-state index in [1.54, 1.807) is 33.1 Å². The summed E-state index contributed by atoms with van der Waals surface area (Å²) in [5.41, 5.74) is 1.82. The van der Waals surface area contributed by atoms with Gasteiger partial charge in [-0.05, 0) is 49.7 Å². The first-order chi connectivity index (χ1) is 14.9. The van der Waals surface area contributed by atoms with Gasteiger partial charge < -0.3 is 19.5 Å². The summed E-state index contributed by atoms with van der Waals surface area (Å²) in [5.74, 6) is 0.413. The van der Waals surface area contributed by atoms with Crippen LogP contribution in [0.3, 0.4) is 0 Å². The molecule has 0 saturated heterocycles. The molecule has 1 atom stereocenters. The van der Waals surface area contributed by atoms with Crippen molar-refractivity contribution in [2.75, 3.05) is 19.0 Å². The number of anilines is 1. The molecular weight excluding hydrogens is 482 g/mol. The highest BCUT2D eigenvalue weighted by Gasteiger charge is 2.25. The van der Waals surface area contributed by atoms with Crippen LogP contribution in [-0.4, -0.2) is 31.7 Å². The smallest absolute Gasteiger partial charge is 0.341 e. The lowest BCUT2D eigenvalue weighted by Crippen LogP contribution is -2.30. The second-order valence-electron chi connectivity index (χ2n) is 6.51. The SMILES string of the molecule is CCOC(=O)c1c(-c2ccc(OC)cc2)csc1NC(=O)[C@@H](C)Oc1cccc(Br)c1. The monoisotopic (exact) mass is 503 g/mol. The highest BCUT2D eigenvalue weighted by atomic mass is 79.9. The van der Waals surface area contributed by atoms with Gasteiger partial charge in [-0.1, -0.05) is 34.1 Å². The summed E-state index contributed by atoms with van der Waals surface area (Å²) in [5, 5.41) is 5.05. The standard InChI is InChI=1S/C23H22BrNO5S/c1-4-29-23(27)20-19(15-8-10-17(28-3)11-9-15)13-31-22(20)25-21(26)14(2)30-18-7-5-6-16(24)12-18/h5-14H,4H2,1-3H3,(H,25,26)/t14-/m1/s1. The number of amides is 1. The number of thiophene rings is 1. The van der Waals surface area contributed by atoms with Gasteiger partial charge in [-0.25, -0.2) is 4.79 Å². The fraction of sp³-hybridized carbons (Fsp3) is 0.217. The largest absolute Gasteiger partial charge is 0.497 e. The van der Waals surface area contributed by atoms with E-state index in [9.17, 15) is 9.59 Å². The van der Waals surface area contributed by atoms with E-state index in [0.717, 1.165) is 10.0 Å². The Bertz CT molecular complexity index is 1060. The highest BCUT2D eigenvalue weighted by Crippen LogP contribution is 2.37. The van der Waals surface area contributed by atoms with Crippen molar-refractivity contribution in [2.24, 2.45) is 0 Å². The average molecular weight is 504 g/mol. The molecule has 0 spiro atoms. The van der Waals surface area contributed by atoms with Crippen LogP contribution < -0.4 is 14.8 Å². The maximum absolute atomic E-state index is 12.8. The maximum atomic E-state index is 12.8. The van der Waals surface area contributed by atoms with Crippen LogP contribution in [0.2, 0.25) is 0 Å². The predicted molar refractivity (Wildman–Crippen MR) is 125 cm³/mol. The lowest BCUT2D eigenvalue weighted by Gasteiger charge is -2.15. The van der Waals surface area contributed by atoms with E-state index in [1.165, 1.54) is 11.3 Å². The first kappa shape index (κ1) is 22.8. The normalized spacial score (nSPS) is 11.5. The zero-order chi connectivity index (χ0) is 22.4. The zero-order valence-corrected chi connectivity index (χ0v) is 19.7. The van der Waals surface area contributed by atoms with Crippen LogP contribution in [-0.2, 0) is 9.53 Å². The van der Waals surface area contributed by atoms with Crippen LogP contribution in [0.15, 0.2) is 58.4 Å². The molecule has 0 aliphatic rings. The third kappa shape index (κ3) is 5.65. The maximum Gasteiger partial charge on any atom is 0.341 e. The summed E-state index contributed by atoms with van der Waals surface area (Å²) in [6.07, 6.45) is -0.768. The zero-order valence-electron chi connectivity index (χ0n) is 17.3. The Hall–Kier alpha value is -2.84. The quantitative estimate of drug-likeness (QED) is 0.395. The molecule has 162 valence electrons. The van der Waals surface area contributed by atoms with E-state index in [2.05, 4.69) is 21.2 Å². The van der Waals surface area contributed by atoms with Crippen molar-refractivity contribution >= 4 is 44.1 Å². The van der Waals surface area contributed by atoms with Crippen molar-refractivity contribution in [3.8, 4) is 22.6 Å². The Kier molecular flexibility index (Phi) is 7.70. The Balaban J connectivity index is 1.84. The fourth-order valence-corrected chi connectivity index (χ4v) is 4.19. The molecule has 0 fully saturated rings. The minimum absolute atomic E-state index is 0.229. The van der Waals surface area contributed by atoms with Gasteiger partial charge in [0, 0.05) is 15.4 Å². The number of hydrogen-bond donors (Lipinski definition) is 1. The van der Waals surface area contributed by atoms with Crippen molar-refractivity contribution in [3.63, 3.8) is 0 Å². The van der Waals surface area contributed by atoms with E-state index in [-0.39, 0.29) is 12.5 Å². The molecule has 31 heavy (non-hydrogen) atoms. The minimum atomic E-state index is -0.768. The van der Waals surface area contributed by atoms with Gasteiger partial charge in [0.1, 0.15) is 22.1 Å². The van der Waals surface area contributed by atoms with Crippen molar-refractivity contribution in [1.82, 2.24) is 0 Å². The number of ether oxygens (including phenoxy) is 3. The molecule has 3 rings (SSSR count). The second-order valence-corrected chi connectivity index (χ2v) is 8.30. The topological polar surface area (TPSA) is 73.9 Å². The Morgan fingerprint density at radius 1 is 1.13 bits per heavy atom. The number of rotatable bonds is 8. The molecule has 6 nitrogen and oxygen atoms in total. The molecular formula is C23H22BrNO5S. The lowest BCUT2D eigenvalue weighted by atomic mass is 10.0. The van der Waals surface area contributed by atoms with Gasteiger partial charge in [-0.3, -0.25) is 4.79 Å². The molecule has 1 aromatic heterocycles. The molecule has 0 unspecified atom stereocenters. The van der Waals surface area contributed by atoms with Crippen LogP contribution in [0.4, 0.5) is 5.00 Å². The van der Waals surface area contributed by atoms with Gasteiger partial charge >= 0.3 is 5.97 Å². The number of nitrogens with one attached hydrogen (secondary N) is 1. The number of halogens is 1. The summed E-state index contributed by atoms with van der Waals surface area (Å²) in [7, 11) is 1.59. The fourth-order valence-electron chi connectivity index (χ4n) is 2.85. The second kappa shape index (κ2) is 10.5. The van der Waals surface area contributed by atoms with Gasteiger partial charge in [-0.2, -0.15) is 0 Å². The number of esters is 1. The first-order valence-corrected chi connectivity index (χ1v) is 11.3. The third-order valence-electron chi connectivity index (χ3n) is 4.39. The minimum Gasteiger partial charge on any atom is -0.497 e. The molecule has 1 amide bonds. The summed E-state index contributed by atoms with van der Waals surface area (Å²) in [4.78, 5) is 25.4. The van der Waals surface area contributed by atoms with Crippen LogP contribution in [0.5, 0.6) is 11.5 Å². The molecule has 1 N–H and O–H groups in total. The molecule has 8 heteroatoms. The molecule has 3 aromatic rings. The Labute approximate surface area is 193 Å². The van der Waals surface area contributed by atoms with E-state index in [4.69, 9.17) is 14.2 Å². The molecule has 1 heterocycles. The van der Waals surface area contributed by atoms with Gasteiger partial charge in [0.2, 0.25) is 0 Å². The van der Waals surface area contributed by atoms with Crippen molar-refractivity contribution < 1.29 is 23.8 Å². The average Bonchev–Trinajstić information content (AvgIpc) is 3.17. The van der Waals surface area contributed by atoms with E-state index in [1.807, 2.05) is 41.8 Å².